The lowest BCUT2D eigenvalue weighted by atomic mass is 10.0. The molecule has 0 aliphatic heterocycles. The molecule has 3 aromatic carbocycles. The molecule has 0 saturated heterocycles. The Bertz CT molecular complexity index is 1080. The van der Waals surface area contributed by atoms with E-state index in [0.717, 1.165) is 16.3 Å². The maximum atomic E-state index is 12.4. The standard InChI is InChI=1S/C24H25N3O3S/c1-16(2)15-30-20-12-10-18(11-13-20)23(29)26-27-24(31)25-22(28)14-19-8-5-7-17-6-3-4-9-21(17)19/h3-13,16H,14-15H2,1-2H3,(H,26,29)(H2,25,27,28,31). The third-order valence-electron chi connectivity index (χ3n) is 4.47. The highest BCUT2D eigenvalue weighted by atomic mass is 32.1. The van der Waals surface area contributed by atoms with Crippen LogP contribution in [0, 0.1) is 5.92 Å². The SMILES string of the molecule is CC(C)COc1ccc(C(=O)NNC(=S)NC(=O)Cc2cccc3ccccc23)cc1. The molecule has 0 aliphatic carbocycles. The maximum absolute atomic E-state index is 12.4. The van der Waals surface area contributed by atoms with E-state index in [1.165, 1.54) is 0 Å². The fraction of sp³-hybridized carbons (Fsp3) is 0.208. The van der Waals surface area contributed by atoms with Gasteiger partial charge < -0.3 is 10.1 Å². The third-order valence-corrected chi connectivity index (χ3v) is 4.68. The van der Waals surface area contributed by atoms with E-state index in [1.807, 2.05) is 42.5 Å². The van der Waals surface area contributed by atoms with E-state index in [4.69, 9.17) is 17.0 Å². The van der Waals surface area contributed by atoms with Gasteiger partial charge in [-0.05, 0) is 58.7 Å². The molecule has 7 heteroatoms. The highest BCUT2D eigenvalue weighted by molar-refractivity contribution is 7.80. The van der Waals surface area contributed by atoms with Crippen molar-refractivity contribution in [2.24, 2.45) is 5.92 Å². The summed E-state index contributed by atoms with van der Waals surface area (Å²) in [6, 6.07) is 20.5. The highest BCUT2D eigenvalue weighted by Gasteiger charge is 2.10. The molecule has 160 valence electrons. The number of fused-ring (bicyclic) bond motifs is 1. The molecule has 31 heavy (non-hydrogen) atoms. The van der Waals surface area contributed by atoms with Crippen LogP contribution in [0.2, 0.25) is 0 Å². The van der Waals surface area contributed by atoms with Crippen LogP contribution < -0.4 is 20.9 Å². The maximum Gasteiger partial charge on any atom is 0.269 e. The number of ether oxygens (including phenoxy) is 1. The molecule has 3 aromatic rings. The van der Waals surface area contributed by atoms with Crippen molar-refractivity contribution < 1.29 is 14.3 Å². The van der Waals surface area contributed by atoms with Gasteiger partial charge in [-0.2, -0.15) is 0 Å². The summed E-state index contributed by atoms with van der Waals surface area (Å²) in [4.78, 5) is 24.6. The van der Waals surface area contributed by atoms with Crippen molar-refractivity contribution in [2.75, 3.05) is 6.61 Å². The summed E-state index contributed by atoms with van der Waals surface area (Å²) in [5.74, 6) is 0.481. The second-order valence-corrected chi connectivity index (χ2v) is 7.91. The normalized spacial score (nSPS) is 10.5. The van der Waals surface area contributed by atoms with E-state index < -0.39 is 0 Å². The molecule has 0 fully saturated rings. The van der Waals surface area contributed by atoms with Crippen LogP contribution in [0.1, 0.15) is 29.8 Å². The minimum atomic E-state index is -0.374. The number of benzene rings is 3. The summed E-state index contributed by atoms with van der Waals surface area (Å²) in [5, 5.41) is 4.70. The zero-order valence-corrected chi connectivity index (χ0v) is 18.3. The molecule has 0 bridgehead atoms. The van der Waals surface area contributed by atoms with Gasteiger partial charge in [-0.3, -0.25) is 20.4 Å². The number of thiocarbonyl (C=S) groups is 1. The van der Waals surface area contributed by atoms with Gasteiger partial charge in [0.05, 0.1) is 13.0 Å². The molecule has 2 amide bonds. The van der Waals surface area contributed by atoms with Gasteiger partial charge in [-0.15, -0.1) is 0 Å². The molecule has 0 saturated carbocycles. The van der Waals surface area contributed by atoms with Crippen molar-refractivity contribution in [3.63, 3.8) is 0 Å². The minimum Gasteiger partial charge on any atom is -0.493 e. The molecule has 0 radical (unpaired) electrons. The number of hydrogen-bond donors (Lipinski definition) is 3. The molecule has 3 rings (SSSR count). The van der Waals surface area contributed by atoms with E-state index in [1.54, 1.807) is 24.3 Å². The summed E-state index contributed by atoms with van der Waals surface area (Å²) < 4.78 is 5.60. The van der Waals surface area contributed by atoms with Crippen molar-refractivity contribution >= 4 is 39.9 Å². The van der Waals surface area contributed by atoms with Crippen LogP contribution in [0.4, 0.5) is 0 Å². The Morgan fingerprint density at radius 3 is 2.39 bits per heavy atom. The van der Waals surface area contributed by atoms with E-state index in [0.29, 0.717) is 23.8 Å². The fourth-order valence-corrected chi connectivity index (χ4v) is 3.14. The van der Waals surface area contributed by atoms with Crippen LogP contribution in [0.3, 0.4) is 0 Å². The number of carbonyl (C=O) groups is 2. The van der Waals surface area contributed by atoms with Gasteiger partial charge in [0.2, 0.25) is 5.91 Å². The van der Waals surface area contributed by atoms with Crippen molar-refractivity contribution in [3.8, 4) is 5.75 Å². The van der Waals surface area contributed by atoms with Gasteiger partial charge in [-0.25, -0.2) is 0 Å². The summed E-state index contributed by atoms with van der Waals surface area (Å²) in [7, 11) is 0. The summed E-state index contributed by atoms with van der Waals surface area (Å²) in [6.45, 7) is 4.74. The first kappa shape index (κ1) is 22.2. The van der Waals surface area contributed by atoms with Crippen LogP contribution in [0.15, 0.2) is 66.7 Å². The van der Waals surface area contributed by atoms with Gasteiger partial charge in [0, 0.05) is 5.56 Å². The van der Waals surface area contributed by atoms with Crippen LogP contribution in [0.25, 0.3) is 10.8 Å². The molecule has 3 N–H and O–H groups in total. The van der Waals surface area contributed by atoms with Crippen molar-refractivity contribution in [2.45, 2.75) is 20.3 Å². The van der Waals surface area contributed by atoms with Crippen molar-refractivity contribution in [1.29, 1.82) is 0 Å². The monoisotopic (exact) mass is 435 g/mol. The molecule has 0 spiro atoms. The molecule has 0 heterocycles. The lowest BCUT2D eigenvalue weighted by molar-refractivity contribution is -0.119. The Morgan fingerprint density at radius 1 is 0.935 bits per heavy atom. The predicted octanol–water partition coefficient (Wildman–Crippen LogP) is 3.75. The summed E-state index contributed by atoms with van der Waals surface area (Å²) in [6.07, 6.45) is 0.176. The van der Waals surface area contributed by atoms with Crippen molar-refractivity contribution in [3.05, 3.63) is 77.9 Å². The zero-order valence-electron chi connectivity index (χ0n) is 17.5. The minimum absolute atomic E-state index is 0.0236. The third kappa shape index (κ3) is 6.52. The smallest absolute Gasteiger partial charge is 0.269 e. The fourth-order valence-electron chi connectivity index (χ4n) is 2.97. The second-order valence-electron chi connectivity index (χ2n) is 7.50. The van der Waals surface area contributed by atoms with E-state index in [-0.39, 0.29) is 23.3 Å². The molecule has 0 atom stereocenters. The van der Waals surface area contributed by atoms with Gasteiger partial charge in [0.15, 0.2) is 5.11 Å². The first-order valence-corrected chi connectivity index (χ1v) is 10.4. The number of nitrogens with one attached hydrogen (secondary N) is 3. The Hall–Kier alpha value is -3.45. The second kappa shape index (κ2) is 10.5. The quantitative estimate of drug-likeness (QED) is 0.406. The topological polar surface area (TPSA) is 79.5 Å². The van der Waals surface area contributed by atoms with Crippen molar-refractivity contribution in [1.82, 2.24) is 16.2 Å². The molecule has 0 aliphatic rings. The van der Waals surface area contributed by atoms with Gasteiger partial charge in [0.25, 0.3) is 5.91 Å². The van der Waals surface area contributed by atoms with Gasteiger partial charge in [-0.1, -0.05) is 56.3 Å². The average molecular weight is 436 g/mol. The van der Waals surface area contributed by atoms with E-state index in [9.17, 15) is 9.59 Å². The Balaban J connectivity index is 1.48. The van der Waals surface area contributed by atoms with E-state index >= 15 is 0 Å². The Labute approximate surface area is 187 Å². The van der Waals surface area contributed by atoms with Crippen LogP contribution in [-0.2, 0) is 11.2 Å². The Kier molecular flexibility index (Phi) is 7.56. The van der Waals surface area contributed by atoms with Gasteiger partial charge >= 0.3 is 0 Å². The Morgan fingerprint density at radius 2 is 1.65 bits per heavy atom. The summed E-state index contributed by atoms with van der Waals surface area (Å²) in [5.41, 5.74) is 6.38. The molecular weight excluding hydrogens is 410 g/mol. The first-order chi connectivity index (χ1) is 14.9. The first-order valence-electron chi connectivity index (χ1n) is 10.0. The molecule has 6 nitrogen and oxygen atoms in total. The highest BCUT2D eigenvalue weighted by Crippen LogP contribution is 2.18. The largest absolute Gasteiger partial charge is 0.493 e. The summed E-state index contributed by atoms with van der Waals surface area (Å²) >= 11 is 5.11. The predicted molar refractivity (Wildman–Crippen MR) is 126 cm³/mol. The molecule has 0 aromatic heterocycles. The average Bonchev–Trinajstić information content (AvgIpc) is 2.76. The van der Waals surface area contributed by atoms with Crippen LogP contribution in [-0.4, -0.2) is 23.5 Å². The lowest BCUT2D eigenvalue weighted by Crippen LogP contribution is -2.48. The van der Waals surface area contributed by atoms with E-state index in [2.05, 4.69) is 30.0 Å². The molecule has 0 unspecified atom stereocenters. The number of hydrogen-bond acceptors (Lipinski definition) is 4. The number of amides is 2. The van der Waals surface area contributed by atoms with Gasteiger partial charge in [0.1, 0.15) is 5.75 Å². The van der Waals surface area contributed by atoms with Crippen LogP contribution in [0.5, 0.6) is 5.75 Å². The number of carbonyl (C=O) groups excluding carboxylic acids is 2. The molecular formula is C24H25N3O3S. The van der Waals surface area contributed by atoms with Crippen LogP contribution >= 0.6 is 12.2 Å². The lowest BCUT2D eigenvalue weighted by Gasteiger charge is -2.12. The zero-order chi connectivity index (χ0) is 22.2. The number of hydrazine groups is 1. The number of rotatable bonds is 6.